The number of ether oxygens (including phenoxy) is 1. The number of piperidine rings is 1. The van der Waals surface area contributed by atoms with Gasteiger partial charge < -0.3 is 19.5 Å². The summed E-state index contributed by atoms with van der Waals surface area (Å²) in [6.07, 6.45) is 1.11. The van der Waals surface area contributed by atoms with Gasteiger partial charge in [0, 0.05) is 17.0 Å². The van der Waals surface area contributed by atoms with E-state index in [9.17, 15) is 9.90 Å². The monoisotopic (exact) mass is 420 g/mol. The number of hydrogen-bond acceptors (Lipinski definition) is 3. The van der Waals surface area contributed by atoms with Gasteiger partial charge in [-0.1, -0.05) is 60.1 Å². The molecule has 0 saturated carbocycles. The molecule has 1 amide bonds. The van der Waals surface area contributed by atoms with Crippen molar-refractivity contribution in [2.45, 2.75) is 50.0 Å². The fraction of sp³-hybridized carbons (Fsp3) is 0.320. The molecule has 5 rings (SSSR count). The number of fused-ring (bicyclic) bond motifs is 3. The van der Waals surface area contributed by atoms with Crippen LogP contribution in [-0.2, 0) is 11.3 Å². The fourth-order valence-electron chi connectivity index (χ4n) is 5.23. The van der Waals surface area contributed by atoms with Gasteiger partial charge in [-0.3, -0.25) is 0 Å². The van der Waals surface area contributed by atoms with Gasteiger partial charge >= 0.3 is 0 Å². The van der Waals surface area contributed by atoms with E-state index in [0.717, 1.165) is 30.4 Å². The summed E-state index contributed by atoms with van der Waals surface area (Å²) in [4.78, 5) is 13.3. The predicted molar refractivity (Wildman–Crippen MR) is 115 cm³/mol. The second-order valence-electron chi connectivity index (χ2n) is 8.32. The van der Waals surface area contributed by atoms with Crippen molar-refractivity contribution in [2.75, 3.05) is 0 Å². The third-order valence-corrected chi connectivity index (χ3v) is 6.87. The molecule has 2 fully saturated rings. The van der Waals surface area contributed by atoms with Crippen LogP contribution in [0.15, 0.2) is 66.7 Å². The Balaban J connectivity index is 1.43. The Bertz CT molecular complexity index is 1070. The summed E-state index contributed by atoms with van der Waals surface area (Å²) in [7, 11) is 0. The minimum atomic E-state index is -1.09. The Morgan fingerprint density at radius 3 is 2.57 bits per heavy atom. The first-order valence-corrected chi connectivity index (χ1v) is 10.8. The van der Waals surface area contributed by atoms with Crippen molar-refractivity contribution in [2.24, 2.45) is 0 Å². The first-order valence-electron chi connectivity index (χ1n) is 10.4. The molecule has 0 aromatic heterocycles. The Morgan fingerprint density at radius 1 is 1.03 bits per heavy atom. The summed E-state index contributed by atoms with van der Waals surface area (Å²) >= 11 is 6.08. The average Bonchev–Trinajstić information content (AvgIpc) is 3.09. The molecule has 0 radical (unpaired) electrons. The van der Waals surface area contributed by atoms with Gasteiger partial charge in [0.25, 0.3) is 0 Å². The van der Waals surface area contributed by atoms with Crippen LogP contribution in [0.25, 0.3) is 10.8 Å². The van der Waals surface area contributed by atoms with Gasteiger partial charge in [0.15, 0.2) is 0 Å². The average molecular weight is 421 g/mol. The molecule has 5 heteroatoms. The normalized spacial score (nSPS) is 25.6. The number of amides is 1. The van der Waals surface area contributed by atoms with Crippen molar-refractivity contribution < 1.29 is 14.6 Å². The van der Waals surface area contributed by atoms with Crippen LogP contribution in [0.3, 0.4) is 0 Å². The summed E-state index contributed by atoms with van der Waals surface area (Å²) in [5.74, 6) is 0.135. The lowest BCUT2D eigenvalue weighted by atomic mass is 9.82. The molecule has 4 unspecified atom stereocenters. The fourth-order valence-corrected chi connectivity index (χ4v) is 5.36. The lowest BCUT2D eigenvalue weighted by Crippen LogP contribution is -2.57. The number of benzene rings is 3. The van der Waals surface area contributed by atoms with Gasteiger partial charge in [0.05, 0.1) is 18.8 Å². The van der Waals surface area contributed by atoms with Crippen LogP contribution >= 0.6 is 11.6 Å². The summed E-state index contributed by atoms with van der Waals surface area (Å²) in [6, 6.07) is 22.3. The predicted octanol–water partition coefficient (Wildman–Crippen LogP) is 4.74. The molecular weight excluding hydrogens is 398 g/mol. The molecule has 2 aliphatic rings. The number of carbonyl (C=O) groups is 1. The van der Waals surface area contributed by atoms with Crippen molar-refractivity contribution >= 4 is 28.5 Å². The van der Waals surface area contributed by atoms with Crippen LogP contribution in [0, 0.1) is 0 Å². The third kappa shape index (κ3) is 3.55. The van der Waals surface area contributed by atoms with Crippen LogP contribution in [-0.4, -0.2) is 29.2 Å². The zero-order valence-corrected chi connectivity index (χ0v) is 17.3. The van der Waals surface area contributed by atoms with Crippen LogP contribution in [0.1, 0.15) is 36.3 Å². The van der Waals surface area contributed by atoms with E-state index in [-0.39, 0.29) is 24.1 Å². The zero-order chi connectivity index (χ0) is 20.7. The summed E-state index contributed by atoms with van der Waals surface area (Å²) in [5, 5.41) is 14.9. The summed E-state index contributed by atoms with van der Waals surface area (Å²) in [5.41, 5.74) is 2.24. The molecule has 154 valence electrons. The van der Waals surface area contributed by atoms with E-state index in [0.29, 0.717) is 11.6 Å². The minimum absolute atomic E-state index is 0.00111. The van der Waals surface area contributed by atoms with Crippen LogP contribution in [0.4, 0.5) is 4.79 Å². The van der Waals surface area contributed by atoms with Gasteiger partial charge in [0.1, 0.15) is 6.09 Å². The highest BCUT2D eigenvalue weighted by molar-refractivity contribution is 6.30. The maximum atomic E-state index is 11.8. The number of carbonyl (C=O) groups excluding carboxylic acids is 1. The molecule has 2 saturated heterocycles. The number of halogens is 1. The van der Waals surface area contributed by atoms with Crippen molar-refractivity contribution in [1.29, 1.82) is 0 Å². The minimum Gasteiger partial charge on any atom is -0.530 e. The Morgan fingerprint density at radius 2 is 1.80 bits per heavy atom. The van der Waals surface area contributed by atoms with Gasteiger partial charge in [-0.2, -0.15) is 0 Å². The number of carboxylic acid groups (broad SMARTS) is 1. The third-order valence-electron chi connectivity index (χ3n) is 6.61. The van der Waals surface area contributed by atoms with Gasteiger partial charge in [-0.25, -0.2) is 0 Å². The van der Waals surface area contributed by atoms with Crippen LogP contribution in [0.2, 0.25) is 5.02 Å². The molecule has 0 N–H and O–H groups in total. The lowest BCUT2D eigenvalue weighted by molar-refractivity contribution is -0.273. The molecule has 2 bridgehead atoms. The maximum absolute atomic E-state index is 11.8. The Labute approximate surface area is 181 Å². The van der Waals surface area contributed by atoms with E-state index in [2.05, 4.69) is 30.3 Å². The highest BCUT2D eigenvalue weighted by Crippen LogP contribution is 2.45. The molecule has 4 atom stereocenters. The lowest BCUT2D eigenvalue weighted by Gasteiger charge is -2.46. The molecule has 30 heavy (non-hydrogen) atoms. The molecule has 0 spiro atoms. The second-order valence-corrected chi connectivity index (χ2v) is 8.76. The first kappa shape index (κ1) is 19.4. The van der Waals surface area contributed by atoms with Crippen molar-refractivity contribution in [3.8, 4) is 0 Å². The van der Waals surface area contributed by atoms with Crippen molar-refractivity contribution in [1.82, 2.24) is 4.90 Å². The molecule has 4 nitrogen and oxygen atoms in total. The molecule has 0 aliphatic carbocycles. The number of nitrogens with zero attached hydrogens (tertiary/aromatic N) is 1. The highest BCUT2D eigenvalue weighted by Gasteiger charge is 2.48. The highest BCUT2D eigenvalue weighted by atomic mass is 35.5. The zero-order valence-electron chi connectivity index (χ0n) is 16.5. The molecular formula is C25H23ClNO3-. The van der Waals surface area contributed by atoms with E-state index < -0.39 is 6.09 Å². The quantitative estimate of drug-likeness (QED) is 0.612. The Hall–Kier alpha value is -2.56. The summed E-state index contributed by atoms with van der Waals surface area (Å²) < 4.78 is 6.46. The molecule has 2 aliphatic heterocycles. The van der Waals surface area contributed by atoms with E-state index in [4.69, 9.17) is 16.3 Å². The second kappa shape index (κ2) is 7.93. The van der Waals surface area contributed by atoms with Gasteiger partial charge in [0.2, 0.25) is 0 Å². The Kier molecular flexibility index (Phi) is 5.13. The van der Waals surface area contributed by atoms with E-state index in [1.54, 1.807) is 0 Å². The smallest absolute Gasteiger partial charge is 0.137 e. The van der Waals surface area contributed by atoms with Gasteiger partial charge in [-0.15, -0.1) is 0 Å². The standard InChI is InChI=1S/C25H24ClNO3/c26-20-9-7-18(8-10-20)22-14-21-11-12-23(27(21)25(28)29)24(22)30-15-16-5-6-17-3-1-2-4-19(17)13-16/h1-10,13,21-24H,11-12,14-15H2,(H,28,29)/p-1. The van der Waals surface area contributed by atoms with Gasteiger partial charge in [-0.05, 0) is 59.4 Å². The molecule has 3 aromatic carbocycles. The van der Waals surface area contributed by atoms with Crippen molar-refractivity contribution in [3.63, 3.8) is 0 Å². The van der Waals surface area contributed by atoms with E-state index in [1.165, 1.54) is 15.7 Å². The maximum Gasteiger partial charge on any atom is 0.137 e. The van der Waals surface area contributed by atoms with Crippen LogP contribution < -0.4 is 5.11 Å². The number of rotatable bonds is 4. The number of hydrogen-bond donors (Lipinski definition) is 0. The molecule has 3 aromatic rings. The SMILES string of the molecule is O=C([O-])N1C2CCC1C(OCc1ccc3ccccc3c1)C(c1ccc(Cl)cc1)C2. The first-order chi connectivity index (χ1) is 14.6. The molecule has 2 heterocycles. The van der Waals surface area contributed by atoms with E-state index in [1.807, 2.05) is 36.4 Å². The van der Waals surface area contributed by atoms with E-state index >= 15 is 0 Å². The van der Waals surface area contributed by atoms with Crippen molar-refractivity contribution in [3.05, 3.63) is 82.9 Å². The van der Waals surface area contributed by atoms with Crippen LogP contribution in [0.5, 0.6) is 0 Å². The summed E-state index contributed by atoms with van der Waals surface area (Å²) in [6.45, 7) is 0.446. The largest absolute Gasteiger partial charge is 0.530 e. The topological polar surface area (TPSA) is 52.6 Å².